The molecule has 1 spiro atoms. The summed E-state index contributed by atoms with van der Waals surface area (Å²) < 4.78 is 0. The molecular weight excluding hydrogens is 260 g/mol. The van der Waals surface area contributed by atoms with Crippen LogP contribution in [0.3, 0.4) is 0 Å². The SMILES string of the molecule is N#CNC1=NC2(CCCCC2)c2cccc(Cl)c2N1. The van der Waals surface area contributed by atoms with E-state index in [1.807, 2.05) is 18.3 Å². The zero-order chi connectivity index (χ0) is 13.3. The third kappa shape index (κ3) is 2.04. The van der Waals surface area contributed by atoms with Crippen molar-refractivity contribution in [2.24, 2.45) is 4.99 Å². The number of nitriles is 1. The molecule has 0 atom stereocenters. The van der Waals surface area contributed by atoms with Crippen molar-refractivity contribution < 1.29 is 0 Å². The number of hydrogen-bond donors (Lipinski definition) is 2. The van der Waals surface area contributed by atoms with E-state index in [1.165, 1.54) is 6.42 Å². The van der Waals surface area contributed by atoms with Gasteiger partial charge in [-0.05, 0) is 18.9 Å². The number of rotatable bonds is 0. The number of halogens is 1. The third-order valence-electron chi connectivity index (χ3n) is 3.94. The molecule has 2 N–H and O–H groups in total. The van der Waals surface area contributed by atoms with Crippen LogP contribution < -0.4 is 10.6 Å². The lowest BCUT2D eigenvalue weighted by molar-refractivity contribution is 0.303. The van der Waals surface area contributed by atoms with Gasteiger partial charge in [-0.25, -0.2) is 4.99 Å². The largest absolute Gasteiger partial charge is 0.324 e. The average Bonchev–Trinajstić information content (AvgIpc) is 2.42. The summed E-state index contributed by atoms with van der Waals surface area (Å²) in [6.45, 7) is 0. The molecule has 0 saturated heterocycles. The first-order valence-electron chi connectivity index (χ1n) is 6.56. The highest BCUT2D eigenvalue weighted by Gasteiger charge is 2.39. The van der Waals surface area contributed by atoms with Gasteiger partial charge in [-0.2, -0.15) is 5.26 Å². The van der Waals surface area contributed by atoms with Crippen LogP contribution in [0.2, 0.25) is 5.02 Å². The van der Waals surface area contributed by atoms with Crippen LogP contribution in [0.25, 0.3) is 0 Å². The second kappa shape index (κ2) is 4.75. The van der Waals surface area contributed by atoms with Crippen LogP contribution >= 0.6 is 11.6 Å². The van der Waals surface area contributed by atoms with Crippen molar-refractivity contribution in [3.05, 3.63) is 28.8 Å². The van der Waals surface area contributed by atoms with E-state index < -0.39 is 0 Å². The second-order valence-corrected chi connectivity index (χ2v) is 5.48. The van der Waals surface area contributed by atoms with Crippen LogP contribution in [-0.2, 0) is 5.54 Å². The minimum absolute atomic E-state index is 0.219. The van der Waals surface area contributed by atoms with Crippen LogP contribution in [0.5, 0.6) is 0 Å². The summed E-state index contributed by atoms with van der Waals surface area (Å²) >= 11 is 6.28. The topological polar surface area (TPSA) is 60.2 Å². The van der Waals surface area contributed by atoms with Gasteiger partial charge in [0.25, 0.3) is 0 Å². The van der Waals surface area contributed by atoms with Gasteiger partial charge in [0.15, 0.2) is 6.19 Å². The highest BCUT2D eigenvalue weighted by molar-refractivity contribution is 6.34. The lowest BCUT2D eigenvalue weighted by Crippen LogP contribution is -2.39. The Morgan fingerprint density at radius 2 is 2.11 bits per heavy atom. The van der Waals surface area contributed by atoms with Crippen molar-refractivity contribution in [2.45, 2.75) is 37.6 Å². The molecule has 2 aliphatic rings. The van der Waals surface area contributed by atoms with Crippen LogP contribution in [0, 0.1) is 11.5 Å². The molecule has 1 saturated carbocycles. The summed E-state index contributed by atoms with van der Waals surface area (Å²) in [7, 11) is 0. The van der Waals surface area contributed by atoms with E-state index in [0.717, 1.165) is 36.9 Å². The molecule has 1 aromatic carbocycles. The first-order valence-corrected chi connectivity index (χ1v) is 6.94. The van der Waals surface area contributed by atoms with E-state index in [0.29, 0.717) is 11.0 Å². The predicted octanol–water partition coefficient (Wildman–Crippen LogP) is 3.35. The van der Waals surface area contributed by atoms with E-state index in [9.17, 15) is 0 Å². The number of benzene rings is 1. The molecule has 19 heavy (non-hydrogen) atoms. The Bertz CT molecular complexity index is 567. The molecule has 0 aromatic heterocycles. The minimum Gasteiger partial charge on any atom is -0.324 e. The number of anilines is 1. The lowest BCUT2D eigenvalue weighted by Gasteiger charge is -2.39. The average molecular weight is 275 g/mol. The maximum atomic E-state index is 8.81. The van der Waals surface area contributed by atoms with E-state index >= 15 is 0 Å². The highest BCUT2D eigenvalue weighted by Crippen LogP contribution is 2.47. The van der Waals surface area contributed by atoms with Crippen LogP contribution in [0.15, 0.2) is 23.2 Å². The Hall–Kier alpha value is -1.73. The first-order chi connectivity index (χ1) is 9.25. The fraction of sp³-hybridized carbons (Fsp3) is 0.429. The number of aliphatic imine (C=N–C) groups is 1. The molecule has 0 bridgehead atoms. The quantitative estimate of drug-likeness (QED) is 0.563. The smallest absolute Gasteiger partial charge is 0.210 e. The molecule has 1 fully saturated rings. The van der Waals surface area contributed by atoms with E-state index in [2.05, 4.69) is 16.7 Å². The van der Waals surface area contributed by atoms with Crippen LogP contribution in [0.4, 0.5) is 5.69 Å². The zero-order valence-corrected chi connectivity index (χ0v) is 11.3. The highest BCUT2D eigenvalue weighted by atomic mass is 35.5. The number of fused-ring (bicyclic) bond motifs is 2. The standard InChI is InChI=1S/C14H15ClN4/c15-11-6-4-5-10-12(11)18-13(17-9-16)19-14(10)7-2-1-3-8-14/h4-6H,1-3,7-8H2,(H2,17,18,19). The Labute approximate surface area is 117 Å². The maximum absolute atomic E-state index is 8.81. The summed E-state index contributed by atoms with van der Waals surface area (Å²) in [6, 6.07) is 5.92. The molecule has 1 heterocycles. The van der Waals surface area contributed by atoms with Crippen molar-refractivity contribution in [1.82, 2.24) is 5.32 Å². The van der Waals surface area contributed by atoms with Gasteiger partial charge in [-0.3, -0.25) is 5.32 Å². The fourth-order valence-electron chi connectivity index (χ4n) is 3.09. The molecule has 1 aliphatic heterocycles. The molecule has 5 heteroatoms. The zero-order valence-electron chi connectivity index (χ0n) is 10.5. The van der Waals surface area contributed by atoms with Crippen molar-refractivity contribution in [2.75, 3.05) is 5.32 Å². The van der Waals surface area contributed by atoms with Gasteiger partial charge in [-0.1, -0.05) is 43.0 Å². The summed E-state index contributed by atoms with van der Waals surface area (Å²) in [5.41, 5.74) is 1.82. The summed E-state index contributed by atoms with van der Waals surface area (Å²) in [5, 5.41) is 15.2. The Balaban J connectivity index is 2.12. The van der Waals surface area contributed by atoms with Crippen molar-refractivity contribution in [1.29, 1.82) is 5.26 Å². The fourth-order valence-corrected chi connectivity index (χ4v) is 3.31. The first kappa shape index (κ1) is 12.3. The van der Waals surface area contributed by atoms with Gasteiger partial charge < -0.3 is 5.32 Å². The van der Waals surface area contributed by atoms with Gasteiger partial charge >= 0.3 is 0 Å². The molecule has 3 rings (SSSR count). The van der Waals surface area contributed by atoms with Gasteiger partial charge in [0, 0.05) is 5.56 Å². The maximum Gasteiger partial charge on any atom is 0.210 e. The lowest BCUT2D eigenvalue weighted by atomic mass is 9.76. The number of guanidine groups is 1. The van der Waals surface area contributed by atoms with E-state index in [1.54, 1.807) is 0 Å². The van der Waals surface area contributed by atoms with Gasteiger partial charge in [0.2, 0.25) is 5.96 Å². The number of nitrogens with zero attached hydrogens (tertiary/aromatic N) is 2. The summed E-state index contributed by atoms with van der Waals surface area (Å²) in [5.74, 6) is 0.505. The van der Waals surface area contributed by atoms with Crippen LogP contribution in [0.1, 0.15) is 37.7 Å². The van der Waals surface area contributed by atoms with Crippen molar-refractivity contribution >= 4 is 23.2 Å². The molecule has 0 radical (unpaired) electrons. The molecule has 0 amide bonds. The van der Waals surface area contributed by atoms with E-state index in [4.69, 9.17) is 21.9 Å². The number of hydrogen-bond acceptors (Lipinski definition) is 4. The van der Waals surface area contributed by atoms with Gasteiger partial charge in [-0.15, -0.1) is 0 Å². The van der Waals surface area contributed by atoms with Crippen LogP contribution in [-0.4, -0.2) is 5.96 Å². The third-order valence-corrected chi connectivity index (χ3v) is 4.25. The second-order valence-electron chi connectivity index (χ2n) is 5.08. The molecule has 4 nitrogen and oxygen atoms in total. The Kier molecular flexibility index (Phi) is 3.08. The molecule has 0 unspecified atom stereocenters. The molecule has 1 aromatic rings. The number of para-hydroxylation sites is 1. The summed E-state index contributed by atoms with van der Waals surface area (Å²) in [4.78, 5) is 4.76. The normalized spacial score (nSPS) is 19.9. The molecule has 1 aliphatic carbocycles. The van der Waals surface area contributed by atoms with Crippen molar-refractivity contribution in [3.8, 4) is 6.19 Å². The van der Waals surface area contributed by atoms with Crippen molar-refractivity contribution in [3.63, 3.8) is 0 Å². The minimum atomic E-state index is -0.219. The van der Waals surface area contributed by atoms with E-state index in [-0.39, 0.29) is 5.54 Å². The summed E-state index contributed by atoms with van der Waals surface area (Å²) in [6.07, 6.45) is 7.52. The number of nitrogens with one attached hydrogen (secondary N) is 2. The van der Waals surface area contributed by atoms with Gasteiger partial charge in [0.05, 0.1) is 16.2 Å². The Morgan fingerprint density at radius 1 is 1.32 bits per heavy atom. The Morgan fingerprint density at radius 3 is 2.84 bits per heavy atom. The monoisotopic (exact) mass is 274 g/mol. The molecule has 98 valence electrons. The molecular formula is C14H15ClN4. The van der Waals surface area contributed by atoms with Gasteiger partial charge in [0.1, 0.15) is 0 Å². The predicted molar refractivity (Wildman–Crippen MR) is 76.0 cm³/mol.